The zero-order valence-electron chi connectivity index (χ0n) is 7.47. The zero-order valence-corrected chi connectivity index (χ0v) is 8.29. The van der Waals surface area contributed by atoms with Crippen molar-refractivity contribution in [3.05, 3.63) is 42.5 Å². The molecular formula is C11H9N2S. The number of rotatable bonds is 1. The number of nitrogens with two attached hydrogens (primary N) is 1. The molecule has 0 saturated carbocycles. The number of fused-ring (bicyclic) bond motifs is 1. The van der Waals surface area contributed by atoms with Crippen LogP contribution in [0, 0.1) is 0 Å². The van der Waals surface area contributed by atoms with Crippen LogP contribution in [0.25, 0.3) is 10.8 Å². The third-order valence-electron chi connectivity index (χ3n) is 1.97. The van der Waals surface area contributed by atoms with Crippen molar-refractivity contribution in [1.29, 1.82) is 0 Å². The van der Waals surface area contributed by atoms with E-state index in [0.717, 1.165) is 11.1 Å². The summed E-state index contributed by atoms with van der Waals surface area (Å²) in [6.07, 6.45) is 0. The lowest BCUT2D eigenvalue weighted by Gasteiger charge is -2.02. The molecule has 0 aliphatic heterocycles. The van der Waals surface area contributed by atoms with E-state index in [2.05, 4.69) is 11.4 Å². The van der Waals surface area contributed by atoms with Gasteiger partial charge in [-0.3, -0.25) is 0 Å². The number of nitrogens with zero attached hydrogens (tertiary/aromatic N) is 1. The fourth-order valence-electron chi connectivity index (χ4n) is 1.37. The van der Waals surface area contributed by atoms with Crippen molar-refractivity contribution in [1.82, 2.24) is 5.32 Å². The lowest BCUT2D eigenvalue weighted by Crippen LogP contribution is -2.17. The second-order valence-electron chi connectivity index (χ2n) is 2.98. The Labute approximate surface area is 87.7 Å². The minimum atomic E-state index is 0.167. The van der Waals surface area contributed by atoms with Crippen LogP contribution in [-0.2, 0) is 0 Å². The summed E-state index contributed by atoms with van der Waals surface area (Å²) in [5.74, 6) is 0. The smallest absolute Gasteiger partial charge is 0.190 e. The molecule has 0 fully saturated rings. The zero-order chi connectivity index (χ0) is 9.97. The first kappa shape index (κ1) is 8.97. The van der Waals surface area contributed by atoms with Crippen LogP contribution in [0.1, 0.15) is 0 Å². The summed E-state index contributed by atoms with van der Waals surface area (Å²) >= 11 is 4.71. The highest BCUT2D eigenvalue weighted by Gasteiger charge is 1.97. The SMILES string of the molecule is NC(=S)[N]c1ccc2ccccc2c1. The number of thiocarbonyl (C=S) groups is 1. The molecule has 0 spiro atoms. The van der Waals surface area contributed by atoms with E-state index in [1.807, 2.05) is 36.4 Å². The minimum Gasteiger partial charge on any atom is -0.374 e. The highest BCUT2D eigenvalue weighted by atomic mass is 32.1. The van der Waals surface area contributed by atoms with Crippen molar-refractivity contribution < 1.29 is 0 Å². The van der Waals surface area contributed by atoms with Gasteiger partial charge in [0.2, 0.25) is 0 Å². The van der Waals surface area contributed by atoms with Gasteiger partial charge in [-0.05, 0) is 35.1 Å². The molecule has 0 atom stereocenters. The fourth-order valence-corrected chi connectivity index (χ4v) is 1.48. The maximum Gasteiger partial charge on any atom is 0.190 e. The summed E-state index contributed by atoms with van der Waals surface area (Å²) in [5, 5.41) is 6.52. The Hall–Kier alpha value is -1.61. The van der Waals surface area contributed by atoms with Crippen LogP contribution in [0.2, 0.25) is 0 Å². The molecule has 0 aliphatic rings. The van der Waals surface area contributed by atoms with E-state index in [9.17, 15) is 0 Å². The molecule has 0 bridgehead atoms. The van der Waals surface area contributed by atoms with Crippen LogP contribution in [-0.4, -0.2) is 5.11 Å². The van der Waals surface area contributed by atoms with Gasteiger partial charge in [-0.15, -0.1) is 0 Å². The van der Waals surface area contributed by atoms with Crippen molar-refractivity contribution in [3.8, 4) is 0 Å². The Balaban J connectivity index is 2.46. The lowest BCUT2D eigenvalue weighted by atomic mass is 10.1. The van der Waals surface area contributed by atoms with Crippen molar-refractivity contribution in [2.24, 2.45) is 5.73 Å². The van der Waals surface area contributed by atoms with Crippen LogP contribution in [0.5, 0.6) is 0 Å². The molecule has 2 N–H and O–H groups in total. The monoisotopic (exact) mass is 201 g/mol. The molecule has 2 rings (SSSR count). The van der Waals surface area contributed by atoms with Gasteiger partial charge in [0.1, 0.15) is 0 Å². The standard InChI is InChI=1S/C11H9N2S/c12-11(14)13-10-6-5-8-3-1-2-4-9(8)7-10/h1-7H,(H2,12,14). The van der Waals surface area contributed by atoms with Crippen molar-refractivity contribution in [2.45, 2.75) is 0 Å². The third kappa shape index (κ3) is 1.83. The molecule has 69 valence electrons. The lowest BCUT2D eigenvalue weighted by molar-refractivity contribution is 1.27. The number of hydrogen-bond donors (Lipinski definition) is 1. The predicted molar refractivity (Wildman–Crippen MR) is 62.5 cm³/mol. The Morgan fingerprint density at radius 1 is 1.07 bits per heavy atom. The van der Waals surface area contributed by atoms with Gasteiger partial charge in [-0.2, -0.15) is 0 Å². The van der Waals surface area contributed by atoms with Gasteiger partial charge in [0.25, 0.3) is 0 Å². The van der Waals surface area contributed by atoms with Gasteiger partial charge in [0, 0.05) is 0 Å². The van der Waals surface area contributed by atoms with E-state index >= 15 is 0 Å². The summed E-state index contributed by atoms with van der Waals surface area (Å²) in [6, 6.07) is 14.0. The quantitative estimate of drug-likeness (QED) is 0.719. The Morgan fingerprint density at radius 3 is 2.50 bits per heavy atom. The Morgan fingerprint density at radius 2 is 1.79 bits per heavy atom. The molecular weight excluding hydrogens is 192 g/mol. The van der Waals surface area contributed by atoms with E-state index in [4.69, 9.17) is 18.0 Å². The topological polar surface area (TPSA) is 40.1 Å². The van der Waals surface area contributed by atoms with Crippen LogP contribution in [0.4, 0.5) is 5.69 Å². The second kappa shape index (κ2) is 3.64. The molecule has 0 amide bonds. The Bertz CT molecular complexity index is 479. The highest BCUT2D eigenvalue weighted by molar-refractivity contribution is 7.80. The molecule has 1 radical (unpaired) electrons. The van der Waals surface area contributed by atoms with Gasteiger partial charge in [0.05, 0.1) is 5.69 Å². The van der Waals surface area contributed by atoms with E-state index in [1.54, 1.807) is 0 Å². The van der Waals surface area contributed by atoms with Crippen LogP contribution in [0.15, 0.2) is 42.5 Å². The molecule has 0 unspecified atom stereocenters. The van der Waals surface area contributed by atoms with Crippen LogP contribution in [0.3, 0.4) is 0 Å². The number of benzene rings is 2. The third-order valence-corrected chi connectivity index (χ3v) is 2.06. The molecule has 2 nitrogen and oxygen atoms in total. The molecule has 3 heteroatoms. The van der Waals surface area contributed by atoms with Gasteiger partial charge < -0.3 is 5.73 Å². The van der Waals surface area contributed by atoms with E-state index < -0.39 is 0 Å². The molecule has 0 aromatic heterocycles. The first-order chi connectivity index (χ1) is 6.75. The molecule has 0 saturated heterocycles. The van der Waals surface area contributed by atoms with E-state index in [0.29, 0.717) is 0 Å². The fraction of sp³-hybridized carbons (Fsp3) is 0. The summed E-state index contributed by atoms with van der Waals surface area (Å²) in [5.41, 5.74) is 6.14. The minimum absolute atomic E-state index is 0.167. The van der Waals surface area contributed by atoms with Gasteiger partial charge in [-0.1, -0.05) is 30.3 Å². The highest BCUT2D eigenvalue weighted by Crippen LogP contribution is 2.18. The van der Waals surface area contributed by atoms with Crippen molar-refractivity contribution in [2.75, 3.05) is 0 Å². The van der Waals surface area contributed by atoms with E-state index in [-0.39, 0.29) is 5.11 Å². The summed E-state index contributed by atoms with van der Waals surface area (Å²) < 4.78 is 0. The molecule has 14 heavy (non-hydrogen) atoms. The maximum atomic E-state index is 5.33. The van der Waals surface area contributed by atoms with Crippen LogP contribution < -0.4 is 11.1 Å². The molecule has 0 aliphatic carbocycles. The second-order valence-corrected chi connectivity index (χ2v) is 3.40. The molecule has 0 heterocycles. The van der Waals surface area contributed by atoms with Crippen LogP contribution >= 0.6 is 12.2 Å². The summed E-state index contributed by atoms with van der Waals surface area (Å²) in [6.45, 7) is 0. The summed E-state index contributed by atoms with van der Waals surface area (Å²) in [7, 11) is 0. The van der Waals surface area contributed by atoms with Gasteiger partial charge in [-0.25, -0.2) is 5.32 Å². The maximum absolute atomic E-state index is 5.33. The average molecular weight is 201 g/mol. The molecule has 2 aromatic carbocycles. The molecule has 2 aromatic rings. The average Bonchev–Trinajstić information content (AvgIpc) is 2.17. The summed E-state index contributed by atoms with van der Waals surface area (Å²) in [4.78, 5) is 0. The van der Waals surface area contributed by atoms with Gasteiger partial charge in [0.15, 0.2) is 5.11 Å². The van der Waals surface area contributed by atoms with Gasteiger partial charge >= 0.3 is 0 Å². The number of hydrogen-bond acceptors (Lipinski definition) is 1. The first-order valence-electron chi connectivity index (χ1n) is 4.26. The van der Waals surface area contributed by atoms with E-state index in [1.165, 1.54) is 5.39 Å². The van der Waals surface area contributed by atoms with Crippen molar-refractivity contribution >= 4 is 33.8 Å². The first-order valence-corrected chi connectivity index (χ1v) is 4.66. The Kier molecular flexibility index (Phi) is 2.33. The normalized spacial score (nSPS) is 10.0. The predicted octanol–water partition coefficient (Wildman–Crippen LogP) is 2.32. The van der Waals surface area contributed by atoms with Crippen molar-refractivity contribution in [3.63, 3.8) is 0 Å². The largest absolute Gasteiger partial charge is 0.374 e.